The summed E-state index contributed by atoms with van der Waals surface area (Å²) >= 11 is 2.27. The van der Waals surface area contributed by atoms with Crippen LogP contribution >= 0.6 is 23.1 Å². The van der Waals surface area contributed by atoms with Crippen molar-refractivity contribution in [3.05, 3.63) is 98.5 Å². The van der Waals surface area contributed by atoms with Crippen LogP contribution in [-0.2, 0) is 14.4 Å². The zero-order valence-corrected chi connectivity index (χ0v) is 24.4. The minimum absolute atomic E-state index is 0.235. The molecule has 4 aromatic rings. The first-order valence-corrected chi connectivity index (χ1v) is 15.1. The van der Waals surface area contributed by atoms with Crippen LogP contribution in [0.15, 0.2) is 82.6 Å². The number of thiazole rings is 1. The first kappa shape index (κ1) is 27.8. The number of ether oxygens (including phenoxy) is 2. The van der Waals surface area contributed by atoms with Gasteiger partial charge in [0.1, 0.15) is 5.25 Å². The Labute approximate surface area is 249 Å². The molecule has 0 bridgehead atoms. The lowest BCUT2D eigenvalue weighted by atomic mass is 9.83. The zero-order valence-electron chi connectivity index (χ0n) is 22.8. The van der Waals surface area contributed by atoms with Crippen molar-refractivity contribution in [3.63, 3.8) is 0 Å². The van der Waals surface area contributed by atoms with Gasteiger partial charge in [-0.3, -0.25) is 19.2 Å². The summed E-state index contributed by atoms with van der Waals surface area (Å²) < 4.78 is 11.7. The molecule has 2 N–H and O–H groups in total. The summed E-state index contributed by atoms with van der Waals surface area (Å²) in [5.41, 5.74) is 2.98. The average molecular weight is 602 g/mol. The summed E-state index contributed by atoms with van der Waals surface area (Å²) in [5, 5.41) is 2.71. The van der Waals surface area contributed by atoms with Crippen molar-refractivity contribution in [2.75, 3.05) is 23.4 Å². The maximum absolute atomic E-state index is 13.9. The van der Waals surface area contributed by atoms with Crippen molar-refractivity contribution in [1.29, 1.82) is 0 Å². The number of aromatic amines is 1. The van der Waals surface area contributed by atoms with E-state index in [9.17, 15) is 19.2 Å². The molecule has 3 atom stereocenters. The summed E-state index contributed by atoms with van der Waals surface area (Å²) in [6.07, 6.45) is 0. The van der Waals surface area contributed by atoms with Gasteiger partial charge in [0.2, 0.25) is 11.8 Å². The van der Waals surface area contributed by atoms with Crippen LogP contribution in [0.25, 0.3) is 0 Å². The Kier molecular flexibility index (Phi) is 7.61. The van der Waals surface area contributed by atoms with Crippen LogP contribution in [-0.4, -0.2) is 41.2 Å². The maximum atomic E-state index is 13.9. The van der Waals surface area contributed by atoms with Crippen molar-refractivity contribution >= 4 is 52.2 Å². The Morgan fingerprint density at radius 3 is 2.45 bits per heavy atom. The van der Waals surface area contributed by atoms with Crippen LogP contribution in [0, 0.1) is 12.8 Å². The van der Waals surface area contributed by atoms with E-state index in [1.54, 1.807) is 42.5 Å². The average Bonchev–Trinajstić information content (AvgIpc) is 3.48. The third kappa shape index (κ3) is 5.21. The van der Waals surface area contributed by atoms with E-state index in [1.165, 1.54) is 16.7 Å². The fourth-order valence-corrected chi connectivity index (χ4v) is 7.81. The first-order chi connectivity index (χ1) is 20.3. The molecule has 9 nitrogen and oxygen atoms in total. The smallest absolute Gasteiger partial charge is 0.305 e. The Morgan fingerprint density at radius 1 is 0.952 bits per heavy atom. The highest BCUT2D eigenvalue weighted by Gasteiger charge is 2.56. The third-order valence-electron chi connectivity index (χ3n) is 7.16. The second kappa shape index (κ2) is 11.5. The van der Waals surface area contributed by atoms with Gasteiger partial charge in [0.15, 0.2) is 18.1 Å². The van der Waals surface area contributed by atoms with Crippen LogP contribution in [0.3, 0.4) is 0 Å². The third-order valence-corrected chi connectivity index (χ3v) is 9.56. The molecule has 42 heavy (non-hydrogen) atoms. The summed E-state index contributed by atoms with van der Waals surface area (Å²) in [4.78, 5) is 57.0. The van der Waals surface area contributed by atoms with Crippen molar-refractivity contribution in [1.82, 2.24) is 4.98 Å². The van der Waals surface area contributed by atoms with Crippen LogP contribution in [0.4, 0.5) is 11.4 Å². The Balaban J connectivity index is 1.31. The highest BCUT2D eigenvalue weighted by atomic mass is 32.2. The van der Waals surface area contributed by atoms with Gasteiger partial charge in [0, 0.05) is 16.5 Å². The molecule has 0 saturated carbocycles. The number of hydrogen-bond acceptors (Lipinski definition) is 8. The normalized spacial score (nSPS) is 19.3. The molecule has 0 spiro atoms. The van der Waals surface area contributed by atoms with Crippen molar-refractivity contribution in [2.45, 2.75) is 30.0 Å². The molecule has 1 aromatic heterocycles. The zero-order chi connectivity index (χ0) is 29.4. The van der Waals surface area contributed by atoms with E-state index in [2.05, 4.69) is 10.3 Å². The van der Waals surface area contributed by atoms with E-state index < -0.39 is 17.1 Å². The predicted octanol–water partition coefficient (Wildman–Crippen LogP) is 4.96. The van der Waals surface area contributed by atoms with Gasteiger partial charge in [-0.05, 0) is 55.8 Å². The molecule has 214 valence electrons. The predicted molar refractivity (Wildman–Crippen MR) is 162 cm³/mol. The molecule has 3 amide bonds. The molecule has 0 radical (unpaired) electrons. The minimum atomic E-state index is -0.719. The number of para-hydroxylation sites is 1. The van der Waals surface area contributed by atoms with Crippen molar-refractivity contribution in [2.24, 2.45) is 5.92 Å². The van der Waals surface area contributed by atoms with Gasteiger partial charge in [0.05, 0.1) is 23.2 Å². The highest BCUT2D eigenvalue weighted by molar-refractivity contribution is 8.00. The van der Waals surface area contributed by atoms with Gasteiger partial charge >= 0.3 is 4.87 Å². The second-order valence-corrected chi connectivity index (χ2v) is 12.1. The Morgan fingerprint density at radius 2 is 1.71 bits per heavy atom. The number of hydrogen-bond donors (Lipinski definition) is 2. The number of nitrogens with zero attached hydrogens (tertiary/aromatic N) is 1. The van der Waals surface area contributed by atoms with Crippen LogP contribution in [0.2, 0.25) is 0 Å². The largest absolute Gasteiger partial charge is 0.490 e. The standard InChI is InChI=1S/C31H27N3O6S2/c1-3-39-22-15-18(11-14-21(22)40-16-23(35)32-19-12-9-17(2)10-13-19)24-25-27(41-28-26(24)42-31(38)33-28)30(37)34(29(25)36)20-7-5-4-6-8-20/h4-15,24-25,27H,3,16H2,1-2H3,(H,32,35)(H,33,38)/t24-,25?,27?/m1/s1. The number of aryl methyl sites for hydroxylation is 1. The Hall–Kier alpha value is -4.35. The molecular weight excluding hydrogens is 574 g/mol. The summed E-state index contributed by atoms with van der Waals surface area (Å²) in [7, 11) is 0. The number of carbonyl (C=O) groups is 3. The molecule has 1 fully saturated rings. The topological polar surface area (TPSA) is 118 Å². The van der Waals surface area contributed by atoms with E-state index in [0.29, 0.717) is 44.9 Å². The lowest BCUT2D eigenvalue weighted by Crippen LogP contribution is -2.32. The summed E-state index contributed by atoms with van der Waals surface area (Å²) in [5.74, 6) is -1.46. The number of imide groups is 1. The number of thioether (sulfide) groups is 1. The molecule has 2 aliphatic rings. The molecule has 3 heterocycles. The van der Waals surface area contributed by atoms with Crippen molar-refractivity contribution < 1.29 is 23.9 Å². The molecule has 6 rings (SSSR count). The number of anilines is 2. The monoisotopic (exact) mass is 601 g/mol. The van der Waals surface area contributed by atoms with Gasteiger partial charge in [0.25, 0.3) is 5.91 Å². The highest BCUT2D eigenvalue weighted by Crippen LogP contribution is 2.53. The van der Waals surface area contributed by atoms with Gasteiger partial charge in [-0.1, -0.05) is 65.1 Å². The minimum Gasteiger partial charge on any atom is -0.490 e. The van der Waals surface area contributed by atoms with Gasteiger partial charge in [-0.2, -0.15) is 0 Å². The number of benzene rings is 3. The van der Waals surface area contributed by atoms with Crippen LogP contribution in [0.5, 0.6) is 11.5 Å². The number of rotatable bonds is 8. The van der Waals surface area contributed by atoms with Gasteiger partial charge in [-0.25, -0.2) is 4.90 Å². The quantitative estimate of drug-likeness (QED) is 0.274. The number of aromatic nitrogens is 1. The fourth-order valence-electron chi connectivity index (χ4n) is 5.29. The van der Waals surface area contributed by atoms with E-state index in [0.717, 1.165) is 16.9 Å². The van der Waals surface area contributed by atoms with Crippen molar-refractivity contribution in [3.8, 4) is 11.5 Å². The molecule has 2 unspecified atom stereocenters. The van der Waals surface area contributed by atoms with E-state index >= 15 is 0 Å². The fraction of sp³-hybridized carbons (Fsp3) is 0.226. The van der Waals surface area contributed by atoms with Gasteiger partial charge in [-0.15, -0.1) is 0 Å². The van der Waals surface area contributed by atoms with E-state index in [1.807, 2.05) is 44.2 Å². The first-order valence-electron chi connectivity index (χ1n) is 13.4. The van der Waals surface area contributed by atoms with E-state index in [4.69, 9.17) is 9.47 Å². The number of amides is 3. The number of carbonyl (C=O) groups excluding carboxylic acids is 3. The maximum Gasteiger partial charge on any atom is 0.305 e. The van der Waals surface area contributed by atoms with Crippen LogP contribution in [0.1, 0.15) is 28.8 Å². The number of nitrogens with one attached hydrogen (secondary N) is 2. The summed E-state index contributed by atoms with van der Waals surface area (Å²) in [6.45, 7) is 3.90. The lowest BCUT2D eigenvalue weighted by molar-refractivity contribution is -0.122. The molecule has 2 aliphatic heterocycles. The molecular formula is C31H27N3O6S2. The summed E-state index contributed by atoms with van der Waals surface area (Å²) in [6, 6.07) is 21.6. The number of H-pyrrole nitrogens is 1. The molecule has 3 aromatic carbocycles. The SMILES string of the molecule is CCOc1cc([C@H]2c3sc(=O)[nH]c3SC3C(=O)N(c4ccccc4)C(=O)C32)ccc1OCC(=O)Nc1ccc(C)cc1. The molecule has 11 heteroatoms. The molecule has 1 saturated heterocycles. The Bertz CT molecular complexity index is 1720. The lowest BCUT2D eigenvalue weighted by Gasteiger charge is -2.30. The molecule has 0 aliphatic carbocycles. The van der Waals surface area contributed by atoms with Crippen LogP contribution < -0.4 is 24.6 Å². The van der Waals surface area contributed by atoms with Gasteiger partial charge < -0.3 is 19.8 Å². The number of fused-ring (bicyclic) bond motifs is 2. The van der Waals surface area contributed by atoms with E-state index in [-0.39, 0.29) is 29.2 Å². The second-order valence-electron chi connectivity index (χ2n) is 9.94.